The van der Waals surface area contributed by atoms with Crippen molar-refractivity contribution in [3.8, 4) is 33.4 Å². The van der Waals surface area contributed by atoms with Crippen LogP contribution in [0.5, 0.6) is 0 Å². The predicted octanol–water partition coefficient (Wildman–Crippen LogP) is 39.2. The molecule has 0 atom stereocenters. The quantitative estimate of drug-likeness (QED) is 0.101. The molecule has 4 aromatic heterocycles. The second-order valence-corrected chi connectivity index (χ2v) is 37.9. The van der Waals surface area contributed by atoms with Gasteiger partial charge >= 0.3 is 0 Å². The maximum Gasteiger partial charge on any atom is 0.137 e. The highest BCUT2D eigenvalue weighted by Crippen LogP contribution is 2.59. The molecule has 0 aliphatic heterocycles. The van der Waals surface area contributed by atoms with Gasteiger partial charge in [-0.05, 0) is 255 Å². The Balaban J connectivity index is 0.000000104. The van der Waals surface area contributed by atoms with Gasteiger partial charge in [0.1, 0.15) is 44.7 Å². The smallest absolute Gasteiger partial charge is 0.137 e. The lowest BCUT2D eigenvalue weighted by Gasteiger charge is -2.35. The molecule has 0 bridgehead atoms. The fourth-order valence-electron chi connectivity index (χ4n) is 21.4. The van der Waals surface area contributed by atoms with E-state index in [4.69, 9.17) is 64.1 Å². The molecule has 2 aliphatic carbocycles. The first-order chi connectivity index (χ1) is 69.8. The fraction of sp³-hybridized carbons (Fsp3) is 0.0308. The number of para-hydroxylation sites is 6. The minimum atomic E-state index is -0.501. The third-order valence-corrected chi connectivity index (χ3v) is 28.5. The molecule has 0 saturated heterocycles. The largest absolute Gasteiger partial charge is 0.456 e. The molecule has 0 N–H and O–H groups in total. The molecule has 0 spiro atoms. The summed E-state index contributed by atoms with van der Waals surface area (Å²) in [5.74, 6) is 0. The van der Waals surface area contributed by atoms with E-state index >= 15 is 0 Å². The van der Waals surface area contributed by atoms with Crippen LogP contribution in [0.2, 0.25) is 20.1 Å². The summed E-state index contributed by atoms with van der Waals surface area (Å²) in [6.07, 6.45) is 0. The van der Waals surface area contributed by atoms with Gasteiger partial charge in [0.2, 0.25) is 0 Å². The highest BCUT2D eigenvalue weighted by atomic mass is 35.5. The topological polar surface area (TPSA) is 65.5 Å². The third kappa shape index (κ3) is 15.8. The normalized spacial score (nSPS) is 12.4. The highest BCUT2D eigenvalue weighted by Gasteiger charge is 2.47. The van der Waals surface area contributed by atoms with Gasteiger partial charge in [-0.15, -0.1) is 0 Å². The van der Waals surface area contributed by atoms with Gasteiger partial charge in [-0.3, -0.25) is 0 Å². The number of hydrogen-bond acceptors (Lipinski definition) is 8. The molecule has 21 aromatic carbocycles. The molecular formula is C130H88Cl4N4O4. The molecule has 0 radical (unpaired) electrons. The van der Waals surface area contributed by atoms with Gasteiger partial charge in [-0.25, -0.2) is 0 Å². The molecule has 142 heavy (non-hydrogen) atoms. The van der Waals surface area contributed by atoms with Crippen molar-refractivity contribution in [2.45, 2.75) is 24.7 Å². The number of anilines is 12. The molecule has 4 heterocycles. The molecule has 12 heteroatoms. The van der Waals surface area contributed by atoms with Crippen molar-refractivity contribution in [3.63, 3.8) is 0 Å². The standard InChI is InChI=1S/C43H28ClNO.C33H24ClNO.C30H20ClNO.C24H16ClNO/c44-31-17-11-18-32(27-31)45(39-22-12-24-41-42(39)36-20-8-10-23-40(36)46-41)33-25-26-35-34-19-7-9-21-37(34)43(38(35)28-33,29-13-3-1-4-14-29)30-15-5-2-6-16-30;1-33(2)27-13-5-3-11-24(27)25-18-17-23(20-28(25)33)35(22-10-7-9-21(34)19-22)29-14-8-16-31-32(29)26-12-4-6-15-30(26)36-31;31-22-12-8-13-23(20-22)32(26-16-6-4-14-24(26)21-10-2-1-3-11-21)27-17-9-19-29-30(27)25-15-5-7-18-28(25)33-29;25-17-7-6-10-19(15-17)26(18-8-2-1-3-9-18)20-13-14-24-22(16-20)21-11-4-5-12-23(21)27-24/h1-28H;3-20H,1-2H3;1-20H;1-16H. The zero-order valence-electron chi connectivity index (χ0n) is 77.3. The molecule has 680 valence electrons. The van der Waals surface area contributed by atoms with Crippen LogP contribution < -0.4 is 19.6 Å². The maximum absolute atomic E-state index is 6.67. The summed E-state index contributed by atoms with van der Waals surface area (Å²) in [5.41, 5.74) is 34.0. The first-order valence-electron chi connectivity index (χ1n) is 47.5. The van der Waals surface area contributed by atoms with E-state index in [9.17, 15) is 0 Å². The molecule has 27 rings (SSSR count). The van der Waals surface area contributed by atoms with Crippen molar-refractivity contribution in [2.75, 3.05) is 19.6 Å². The van der Waals surface area contributed by atoms with Crippen LogP contribution in [0.3, 0.4) is 0 Å². The zero-order chi connectivity index (χ0) is 95.5. The summed E-state index contributed by atoms with van der Waals surface area (Å²) in [5, 5.41) is 11.5. The number of hydrogen-bond donors (Lipinski definition) is 0. The maximum atomic E-state index is 6.67. The van der Waals surface area contributed by atoms with Crippen molar-refractivity contribution in [3.05, 3.63) is 551 Å². The number of nitrogens with zero attached hydrogens (tertiary/aromatic N) is 4. The summed E-state index contributed by atoms with van der Waals surface area (Å²) in [7, 11) is 0. The number of fused-ring (bicyclic) bond motifs is 18. The van der Waals surface area contributed by atoms with Crippen LogP contribution in [-0.4, -0.2) is 0 Å². The van der Waals surface area contributed by atoms with Crippen LogP contribution in [0, 0.1) is 0 Å². The molecule has 0 unspecified atom stereocenters. The Bertz CT molecular complexity index is 9050. The van der Waals surface area contributed by atoms with Gasteiger partial charge in [-0.2, -0.15) is 0 Å². The van der Waals surface area contributed by atoms with Crippen molar-refractivity contribution in [2.24, 2.45) is 0 Å². The van der Waals surface area contributed by atoms with Gasteiger partial charge in [-0.1, -0.05) is 364 Å². The van der Waals surface area contributed by atoms with Gasteiger partial charge in [0.25, 0.3) is 0 Å². The predicted molar refractivity (Wildman–Crippen MR) is 594 cm³/mol. The minimum absolute atomic E-state index is 0.0870. The SMILES string of the molecule is CC1(C)c2ccccc2-c2ccc(N(c3cccc(Cl)c3)c3cccc4oc5ccccc5c34)cc21.Clc1cccc(N(c2ccc3c(c2)C(c2ccccc2)(c2ccccc2)c2ccccc2-3)c2cccc3oc4ccccc4c23)c1.Clc1cccc(N(c2ccccc2)c2ccc3oc4ccccc4c3c2)c1.Clc1cccc(N(c2ccccc2-c2ccccc2)c2cccc3oc4ccccc4c23)c1. The Labute approximate surface area is 842 Å². The summed E-state index contributed by atoms with van der Waals surface area (Å²) >= 11 is 25.9. The van der Waals surface area contributed by atoms with Crippen molar-refractivity contribution < 1.29 is 17.7 Å². The minimum Gasteiger partial charge on any atom is -0.456 e. The fourth-order valence-corrected chi connectivity index (χ4v) is 22.1. The Morgan fingerprint density at radius 2 is 0.486 bits per heavy atom. The van der Waals surface area contributed by atoms with Crippen LogP contribution in [-0.2, 0) is 10.8 Å². The second-order valence-electron chi connectivity index (χ2n) is 36.2. The second kappa shape index (κ2) is 37.2. The monoisotopic (exact) mass is 1910 g/mol. The van der Waals surface area contributed by atoms with E-state index in [1.54, 1.807) is 0 Å². The van der Waals surface area contributed by atoms with Crippen LogP contribution in [0.15, 0.2) is 515 Å². The Morgan fingerprint density at radius 3 is 0.972 bits per heavy atom. The van der Waals surface area contributed by atoms with Crippen LogP contribution >= 0.6 is 46.4 Å². The van der Waals surface area contributed by atoms with Crippen LogP contribution in [0.1, 0.15) is 47.2 Å². The van der Waals surface area contributed by atoms with Crippen molar-refractivity contribution >= 4 is 202 Å². The molecule has 8 nitrogen and oxygen atoms in total. The number of halogens is 4. The molecule has 25 aromatic rings. The van der Waals surface area contributed by atoms with E-state index in [1.807, 2.05) is 182 Å². The average Bonchev–Trinajstić information content (AvgIpc) is 1.53. The van der Waals surface area contributed by atoms with E-state index in [0.717, 1.165) is 167 Å². The molecule has 0 saturated carbocycles. The van der Waals surface area contributed by atoms with Gasteiger partial charge < -0.3 is 37.3 Å². The average molecular weight is 1910 g/mol. The van der Waals surface area contributed by atoms with Gasteiger partial charge in [0.05, 0.1) is 44.3 Å². The lowest BCUT2D eigenvalue weighted by Crippen LogP contribution is -2.28. The van der Waals surface area contributed by atoms with E-state index in [1.165, 1.54) is 55.6 Å². The zero-order valence-corrected chi connectivity index (χ0v) is 80.3. The lowest BCUT2D eigenvalue weighted by molar-refractivity contribution is 0.660. The first-order valence-corrected chi connectivity index (χ1v) is 49.0. The van der Waals surface area contributed by atoms with Gasteiger partial charge in [0, 0.05) is 103 Å². The van der Waals surface area contributed by atoms with Crippen LogP contribution in [0.25, 0.3) is 121 Å². The Hall–Kier alpha value is -16.8. The first kappa shape index (κ1) is 87.9. The Morgan fingerprint density at radius 1 is 0.183 bits per heavy atom. The molecule has 2 aliphatic rings. The van der Waals surface area contributed by atoms with Gasteiger partial charge in [0.15, 0.2) is 0 Å². The van der Waals surface area contributed by atoms with Crippen molar-refractivity contribution in [1.29, 1.82) is 0 Å². The van der Waals surface area contributed by atoms with E-state index in [2.05, 4.69) is 349 Å². The number of benzene rings is 21. The summed E-state index contributed by atoms with van der Waals surface area (Å²) < 4.78 is 24.8. The van der Waals surface area contributed by atoms with E-state index in [0.29, 0.717) is 20.1 Å². The van der Waals surface area contributed by atoms with E-state index < -0.39 is 5.41 Å². The van der Waals surface area contributed by atoms with Crippen LogP contribution in [0.4, 0.5) is 68.2 Å². The third-order valence-electron chi connectivity index (χ3n) is 27.5. The highest BCUT2D eigenvalue weighted by molar-refractivity contribution is 6.32. The molecular weight excluding hydrogens is 1820 g/mol. The number of furan rings is 4. The Kier molecular flexibility index (Phi) is 23.0. The molecule has 0 amide bonds. The molecule has 0 fully saturated rings. The summed E-state index contributed by atoms with van der Waals surface area (Å²) in [4.78, 5) is 9.10. The van der Waals surface area contributed by atoms with E-state index in [-0.39, 0.29) is 5.41 Å². The number of rotatable bonds is 15. The lowest BCUT2D eigenvalue weighted by atomic mass is 9.67. The summed E-state index contributed by atoms with van der Waals surface area (Å²) in [6, 6.07) is 172. The summed E-state index contributed by atoms with van der Waals surface area (Å²) in [6.45, 7) is 4.63. The van der Waals surface area contributed by atoms with Crippen molar-refractivity contribution in [1.82, 2.24) is 0 Å².